The van der Waals surface area contributed by atoms with Gasteiger partial charge in [0.15, 0.2) is 6.20 Å². The van der Waals surface area contributed by atoms with Gasteiger partial charge in [0.25, 0.3) is 0 Å². The van der Waals surface area contributed by atoms with E-state index < -0.39 is 32.8 Å². The van der Waals surface area contributed by atoms with Crippen LogP contribution in [0.5, 0.6) is 0 Å². The lowest BCUT2D eigenvalue weighted by Gasteiger charge is -2.15. The molecule has 10 heteroatoms. The average molecular weight is 317 g/mol. The van der Waals surface area contributed by atoms with Crippen LogP contribution in [0.15, 0.2) is 23.2 Å². The Morgan fingerprint density at radius 3 is 2.62 bits per heavy atom. The van der Waals surface area contributed by atoms with Crippen molar-refractivity contribution in [3.05, 3.63) is 28.4 Å². The molecule has 1 aromatic rings. The number of aliphatic carboxylic acids is 1. The second kappa shape index (κ2) is 7.09. The van der Waals surface area contributed by atoms with Crippen molar-refractivity contribution in [2.24, 2.45) is 0 Å². The molecule has 1 rings (SSSR count). The third kappa shape index (κ3) is 5.08. The van der Waals surface area contributed by atoms with Gasteiger partial charge >= 0.3 is 11.8 Å². The van der Waals surface area contributed by atoms with Crippen molar-refractivity contribution in [1.29, 1.82) is 0 Å². The summed E-state index contributed by atoms with van der Waals surface area (Å²) in [6.07, 6.45) is 1.50. The highest BCUT2D eigenvalue weighted by molar-refractivity contribution is 7.89. The minimum Gasteiger partial charge on any atom is -0.481 e. The molecule has 2 N–H and O–H groups in total. The van der Waals surface area contributed by atoms with Gasteiger partial charge in [0, 0.05) is 12.1 Å². The van der Waals surface area contributed by atoms with Crippen molar-refractivity contribution in [2.45, 2.75) is 37.1 Å². The lowest BCUT2D eigenvalue weighted by Crippen LogP contribution is -2.36. The zero-order valence-corrected chi connectivity index (χ0v) is 12.0. The van der Waals surface area contributed by atoms with E-state index in [1.807, 2.05) is 0 Å². The highest BCUT2D eigenvalue weighted by Gasteiger charge is 2.23. The number of aromatic nitrogens is 1. The molecular weight excluding hydrogens is 302 g/mol. The molecule has 0 radical (unpaired) electrons. The highest BCUT2D eigenvalue weighted by atomic mass is 32.2. The summed E-state index contributed by atoms with van der Waals surface area (Å²) in [4.78, 5) is 23.6. The lowest BCUT2D eigenvalue weighted by atomic mass is 10.1. The number of carboxylic acid groups (broad SMARTS) is 1. The molecule has 1 unspecified atom stereocenters. The zero-order chi connectivity index (χ0) is 16.0. The molecule has 0 saturated heterocycles. The average Bonchev–Trinajstić information content (AvgIpc) is 2.37. The molecule has 0 bridgehead atoms. The number of carbonyl (C=O) groups is 1. The first-order valence-electron chi connectivity index (χ1n) is 6.11. The first kappa shape index (κ1) is 17.0. The van der Waals surface area contributed by atoms with E-state index in [0.717, 1.165) is 18.3 Å². The summed E-state index contributed by atoms with van der Waals surface area (Å²) < 4.78 is 26.4. The molecule has 9 nitrogen and oxygen atoms in total. The maximum Gasteiger partial charge on any atom is 0.363 e. The Labute approximate surface area is 121 Å². The molecule has 116 valence electrons. The minimum atomic E-state index is -3.97. The van der Waals surface area contributed by atoms with Gasteiger partial charge in [-0.3, -0.25) is 4.79 Å². The second-order valence-corrected chi connectivity index (χ2v) is 6.03. The molecule has 0 aliphatic carbocycles. The van der Waals surface area contributed by atoms with Gasteiger partial charge in [-0.05, 0) is 22.4 Å². The Hall–Kier alpha value is -2.07. The fourth-order valence-electron chi connectivity index (χ4n) is 1.69. The fraction of sp³-hybridized carbons (Fsp3) is 0.455. The predicted octanol–water partition coefficient (Wildman–Crippen LogP) is 0.911. The molecule has 0 aliphatic heterocycles. The summed E-state index contributed by atoms with van der Waals surface area (Å²) in [5.74, 6) is -1.58. The molecule has 0 fully saturated rings. The van der Waals surface area contributed by atoms with E-state index in [-0.39, 0.29) is 11.3 Å². The highest BCUT2D eigenvalue weighted by Crippen LogP contribution is 2.14. The van der Waals surface area contributed by atoms with Crippen molar-refractivity contribution in [1.82, 2.24) is 9.71 Å². The number of hydrogen-bond donors (Lipinski definition) is 2. The van der Waals surface area contributed by atoms with Crippen LogP contribution in [0.25, 0.3) is 0 Å². The number of nitro groups is 1. The van der Waals surface area contributed by atoms with E-state index in [4.69, 9.17) is 5.11 Å². The van der Waals surface area contributed by atoms with Crippen LogP contribution in [-0.4, -0.2) is 35.4 Å². The molecular formula is C11H15N3O6S. The van der Waals surface area contributed by atoms with Crippen molar-refractivity contribution in [3.63, 3.8) is 0 Å². The third-order valence-electron chi connectivity index (χ3n) is 2.60. The van der Waals surface area contributed by atoms with E-state index in [2.05, 4.69) is 9.71 Å². The second-order valence-electron chi connectivity index (χ2n) is 4.31. The van der Waals surface area contributed by atoms with Crippen molar-refractivity contribution >= 4 is 21.8 Å². The van der Waals surface area contributed by atoms with Crippen LogP contribution in [0.3, 0.4) is 0 Å². The van der Waals surface area contributed by atoms with Crippen molar-refractivity contribution < 1.29 is 23.2 Å². The van der Waals surface area contributed by atoms with Gasteiger partial charge in [-0.15, -0.1) is 0 Å². The van der Waals surface area contributed by atoms with E-state index in [9.17, 15) is 23.3 Å². The monoisotopic (exact) mass is 317 g/mol. The Balaban J connectivity index is 2.92. The molecule has 0 saturated carbocycles. The van der Waals surface area contributed by atoms with E-state index in [1.54, 1.807) is 6.92 Å². The van der Waals surface area contributed by atoms with Gasteiger partial charge in [0.05, 0.1) is 6.42 Å². The van der Waals surface area contributed by atoms with Crippen LogP contribution >= 0.6 is 0 Å². The Kier molecular flexibility index (Phi) is 5.73. The first-order valence-corrected chi connectivity index (χ1v) is 7.59. The van der Waals surface area contributed by atoms with Crippen LogP contribution < -0.4 is 4.72 Å². The standard InChI is InChI=1S/C11H15N3O6S/c1-2-3-8(6-11(15)16)13-21(19,20)9-4-5-10(12-7-9)14(17)18/h4-5,7-8,13H,2-3,6H2,1H3,(H,15,16). The maximum atomic E-state index is 12.1. The van der Waals surface area contributed by atoms with Gasteiger partial charge in [-0.25, -0.2) is 13.1 Å². The van der Waals surface area contributed by atoms with Crippen molar-refractivity contribution in [3.8, 4) is 0 Å². The van der Waals surface area contributed by atoms with E-state index >= 15 is 0 Å². The quantitative estimate of drug-likeness (QED) is 0.536. The molecule has 0 amide bonds. The van der Waals surface area contributed by atoms with Gasteiger partial charge < -0.3 is 15.2 Å². The van der Waals surface area contributed by atoms with Gasteiger partial charge in [0.1, 0.15) is 4.90 Å². The summed E-state index contributed by atoms with van der Waals surface area (Å²) >= 11 is 0. The topological polar surface area (TPSA) is 140 Å². The molecule has 0 aromatic carbocycles. The summed E-state index contributed by atoms with van der Waals surface area (Å²) in [5, 5.41) is 19.2. The smallest absolute Gasteiger partial charge is 0.363 e. The normalized spacial score (nSPS) is 12.8. The number of carboxylic acids is 1. The number of nitrogens with zero attached hydrogens (tertiary/aromatic N) is 2. The number of sulfonamides is 1. The molecule has 1 aromatic heterocycles. The maximum absolute atomic E-state index is 12.1. The largest absolute Gasteiger partial charge is 0.481 e. The lowest BCUT2D eigenvalue weighted by molar-refractivity contribution is -0.389. The third-order valence-corrected chi connectivity index (χ3v) is 4.10. The molecule has 0 spiro atoms. The Bertz CT molecular complexity index is 613. The number of rotatable bonds is 8. The molecule has 1 atom stereocenters. The summed E-state index contributed by atoms with van der Waals surface area (Å²) in [7, 11) is -3.97. The Morgan fingerprint density at radius 1 is 1.52 bits per heavy atom. The minimum absolute atomic E-state index is 0.250. The number of nitrogens with one attached hydrogen (secondary N) is 1. The SMILES string of the molecule is CCCC(CC(=O)O)NS(=O)(=O)c1ccc([N+](=O)[O-])nc1. The van der Waals surface area contributed by atoms with E-state index in [0.29, 0.717) is 12.8 Å². The first-order chi connectivity index (χ1) is 9.76. The van der Waals surface area contributed by atoms with Crippen molar-refractivity contribution in [2.75, 3.05) is 0 Å². The van der Waals surface area contributed by atoms with Crippen LogP contribution in [0.2, 0.25) is 0 Å². The number of pyridine rings is 1. The van der Waals surface area contributed by atoms with Gasteiger partial charge in [0.2, 0.25) is 10.0 Å². The van der Waals surface area contributed by atoms with Crippen LogP contribution in [0.4, 0.5) is 5.82 Å². The molecule has 1 heterocycles. The van der Waals surface area contributed by atoms with Gasteiger partial charge in [-0.2, -0.15) is 0 Å². The molecule has 21 heavy (non-hydrogen) atoms. The molecule has 0 aliphatic rings. The predicted molar refractivity (Wildman–Crippen MR) is 72.2 cm³/mol. The van der Waals surface area contributed by atoms with Gasteiger partial charge in [-0.1, -0.05) is 13.3 Å². The van der Waals surface area contributed by atoms with Crippen LogP contribution in [-0.2, 0) is 14.8 Å². The number of hydrogen-bond acceptors (Lipinski definition) is 6. The summed E-state index contributed by atoms with van der Waals surface area (Å²) in [5.41, 5.74) is 0. The van der Waals surface area contributed by atoms with Crippen LogP contribution in [0.1, 0.15) is 26.2 Å². The summed E-state index contributed by atoms with van der Waals surface area (Å²) in [6, 6.07) is 1.28. The summed E-state index contributed by atoms with van der Waals surface area (Å²) in [6.45, 7) is 1.80. The zero-order valence-electron chi connectivity index (χ0n) is 11.2. The van der Waals surface area contributed by atoms with E-state index in [1.165, 1.54) is 0 Å². The Morgan fingerprint density at radius 2 is 2.19 bits per heavy atom. The fourth-order valence-corrected chi connectivity index (χ4v) is 2.90. The van der Waals surface area contributed by atoms with Crippen LogP contribution in [0, 0.1) is 10.1 Å².